The van der Waals surface area contributed by atoms with E-state index in [1.165, 1.54) is 0 Å². The van der Waals surface area contributed by atoms with E-state index < -0.39 is 0 Å². The highest BCUT2D eigenvalue weighted by Crippen LogP contribution is 2.59. The molecule has 2 atom stereocenters. The molecular weight excluding hydrogens is 288 g/mol. The number of allylic oxidation sites excluding steroid dienone is 2. The molecule has 0 aromatic heterocycles. The van der Waals surface area contributed by atoms with Crippen LogP contribution in [0.5, 0.6) is 0 Å². The normalized spacial score (nSPS) is 23.0. The van der Waals surface area contributed by atoms with Gasteiger partial charge in [-0.05, 0) is 29.0 Å². The van der Waals surface area contributed by atoms with Crippen LogP contribution < -0.4 is 0 Å². The molecule has 1 aliphatic rings. The lowest BCUT2D eigenvalue weighted by atomic mass is 10.1. The maximum Gasteiger partial charge on any atom is 0.310 e. The van der Waals surface area contributed by atoms with Crippen LogP contribution in [-0.2, 0) is 20.9 Å². The number of aldehydes is 1. The molecule has 0 aliphatic heterocycles. The SMILES string of the molecule is CC1(C)C(/C=C/CC=O)C1C(=O)OCc1ccc(Cl)cc1. The number of carbonyl (C=O) groups is 2. The monoisotopic (exact) mass is 306 g/mol. The summed E-state index contributed by atoms with van der Waals surface area (Å²) in [6.07, 6.45) is 4.99. The Balaban J connectivity index is 1.89. The van der Waals surface area contributed by atoms with Crippen LogP contribution in [0.4, 0.5) is 0 Å². The summed E-state index contributed by atoms with van der Waals surface area (Å²) in [6, 6.07) is 7.23. The quantitative estimate of drug-likeness (QED) is 0.456. The van der Waals surface area contributed by atoms with E-state index >= 15 is 0 Å². The molecule has 21 heavy (non-hydrogen) atoms. The van der Waals surface area contributed by atoms with Gasteiger partial charge in [-0.25, -0.2) is 0 Å². The summed E-state index contributed by atoms with van der Waals surface area (Å²) in [4.78, 5) is 22.5. The van der Waals surface area contributed by atoms with Crippen molar-refractivity contribution in [2.24, 2.45) is 17.3 Å². The van der Waals surface area contributed by atoms with E-state index in [0.717, 1.165) is 11.8 Å². The minimum absolute atomic E-state index is 0.101. The number of esters is 1. The molecule has 4 heteroatoms. The zero-order valence-corrected chi connectivity index (χ0v) is 13.0. The maximum atomic E-state index is 12.2. The molecule has 0 heterocycles. The van der Waals surface area contributed by atoms with Gasteiger partial charge in [-0.15, -0.1) is 0 Å². The number of ether oxygens (including phenoxy) is 1. The van der Waals surface area contributed by atoms with Crippen LogP contribution in [0, 0.1) is 17.3 Å². The predicted octanol–water partition coefficient (Wildman–Crippen LogP) is 3.80. The summed E-state index contributed by atoms with van der Waals surface area (Å²) in [5.74, 6) is -0.168. The first-order valence-electron chi connectivity index (χ1n) is 6.98. The molecule has 0 N–H and O–H groups in total. The fourth-order valence-corrected chi connectivity index (χ4v) is 2.72. The highest BCUT2D eigenvalue weighted by atomic mass is 35.5. The molecule has 1 aromatic rings. The van der Waals surface area contributed by atoms with Crippen molar-refractivity contribution < 1.29 is 14.3 Å². The van der Waals surface area contributed by atoms with Crippen molar-refractivity contribution in [1.29, 1.82) is 0 Å². The third-order valence-electron chi connectivity index (χ3n) is 4.03. The summed E-state index contributed by atoms with van der Waals surface area (Å²) >= 11 is 5.81. The van der Waals surface area contributed by atoms with Gasteiger partial charge < -0.3 is 9.53 Å². The topological polar surface area (TPSA) is 43.4 Å². The molecule has 0 bridgehead atoms. The van der Waals surface area contributed by atoms with Crippen LogP contribution in [0.2, 0.25) is 5.02 Å². The third kappa shape index (κ3) is 3.73. The fourth-order valence-electron chi connectivity index (χ4n) is 2.59. The van der Waals surface area contributed by atoms with Gasteiger partial charge in [0.25, 0.3) is 0 Å². The lowest BCUT2D eigenvalue weighted by Crippen LogP contribution is -2.10. The molecule has 2 rings (SSSR count). The Kier molecular flexibility index (Phi) is 4.84. The Morgan fingerprint density at radius 3 is 2.62 bits per heavy atom. The minimum atomic E-state index is -0.185. The Bertz CT molecular complexity index is 546. The van der Waals surface area contributed by atoms with E-state index in [0.29, 0.717) is 11.4 Å². The van der Waals surface area contributed by atoms with Gasteiger partial charge in [0.1, 0.15) is 12.9 Å². The highest BCUT2D eigenvalue weighted by Gasteiger charge is 2.61. The van der Waals surface area contributed by atoms with Crippen LogP contribution in [0.25, 0.3) is 0 Å². The third-order valence-corrected chi connectivity index (χ3v) is 4.29. The number of hydrogen-bond donors (Lipinski definition) is 0. The lowest BCUT2D eigenvalue weighted by Gasteiger charge is -2.06. The molecule has 1 aromatic carbocycles. The molecule has 0 amide bonds. The van der Waals surface area contributed by atoms with Crippen molar-refractivity contribution in [3.63, 3.8) is 0 Å². The Labute approximate surface area is 129 Å². The Morgan fingerprint density at radius 2 is 2.00 bits per heavy atom. The first-order valence-corrected chi connectivity index (χ1v) is 7.36. The zero-order chi connectivity index (χ0) is 15.5. The van der Waals surface area contributed by atoms with E-state index in [1.54, 1.807) is 12.1 Å². The van der Waals surface area contributed by atoms with Gasteiger partial charge in [0, 0.05) is 11.4 Å². The molecule has 1 aliphatic carbocycles. The standard InChI is InChI=1S/C17H19ClO3/c1-17(2)14(5-3-4-10-19)15(17)16(20)21-11-12-6-8-13(18)9-7-12/h3,5-10,14-15H,4,11H2,1-2H3/b5-3+. The van der Waals surface area contributed by atoms with Crippen molar-refractivity contribution in [3.05, 3.63) is 47.0 Å². The van der Waals surface area contributed by atoms with Gasteiger partial charge in [0.05, 0.1) is 5.92 Å². The molecule has 1 saturated carbocycles. The van der Waals surface area contributed by atoms with Crippen LogP contribution in [0.1, 0.15) is 25.8 Å². The molecular formula is C17H19ClO3. The van der Waals surface area contributed by atoms with Crippen molar-refractivity contribution in [2.75, 3.05) is 0 Å². The van der Waals surface area contributed by atoms with E-state index in [4.69, 9.17) is 16.3 Å². The number of carbonyl (C=O) groups excluding carboxylic acids is 2. The average Bonchev–Trinajstić information content (AvgIpc) is 3.00. The maximum absolute atomic E-state index is 12.2. The van der Waals surface area contributed by atoms with Crippen molar-refractivity contribution in [2.45, 2.75) is 26.9 Å². The summed E-state index contributed by atoms with van der Waals surface area (Å²) in [5.41, 5.74) is 0.815. The summed E-state index contributed by atoms with van der Waals surface area (Å²) in [6.45, 7) is 4.33. The minimum Gasteiger partial charge on any atom is -0.461 e. The lowest BCUT2D eigenvalue weighted by molar-refractivity contribution is -0.147. The number of hydrogen-bond acceptors (Lipinski definition) is 3. The summed E-state index contributed by atoms with van der Waals surface area (Å²) in [7, 11) is 0. The second-order valence-corrected chi connectivity index (χ2v) is 6.33. The molecule has 0 spiro atoms. The molecule has 0 radical (unpaired) electrons. The van der Waals surface area contributed by atoms with E-state index in [9.17, 15) is 9.59 Å². The second-order valence-electron chi connectivity index (χ2n) is 5.89. The largest absolute Gasteiger partial charge is 0.461 e. The summed E-state index contributed by atoms with van der Waals surface area (Å²) in [5, 5.41) is 0.661. The highest BCUT2D eigenvalue weighted by molar-refractivity contribution is 6.30. The van der Waals surface area contributed by atoms with Gasteiger partial charge in [-0.3, -0.25) is 4.79 Å². The van der Waals surface area contributed by atoms with Crippen LogP contribution in [0.3, 0.4) is 0 Å². The zero-order valence-electron chi connectivity index (χ0n) is 12.2. The molecule has 2 unspecified atom stereocenters. The van der Waals surface area contributed by atoms with Crippen molar-refractivity contribution >= 4 is 23.9 Å². The first kappa shape index (κ1) is 15.8. The van der Waals surface area contributed by atoms with Gasteiger partial charge in [-0.1, -0.05) is 49.7 Å². The predicted molar refractivity (Wildman–Crippen MR) is 81.8 cm³/mol. The van der Waals surface area contributed by atoms with Gasteiger partial charge in [0.2, 0.25) is 0 Å². The van der Waals surface area contributed by atoms with E-state index in [2.05, 4.69) is 0 Å². The van der Waals surface area contributed by atoms with Crippen LogP contribution in [0.15, 0.2) is 36.4 Å². The first-order chi connectivity index (χ1) is 9.96. The summed E-state index contributed by atoms with van der Waals surface area (Å²) < 4.78 is 5.38. The Morgan fingerprint density at radius 1 is 1.33 bits per heavy atom. The average molecular weight is 307 g/mol. The van der Waals surface area contributed by atoms with Crippen LogP contribution in [-0.4, -0.2) is 12.3 Å². The number of halogens is 1. The Hall–Kier alpha value is -1.61. The van der Waals surface area contributed by atoms with Crippen LogP contribution >= 0.6 is 11.6 Å². The smallest absolute Gasteiger partial charge is 0.310 e. The van der Waals surface area contributed by atoms with Crippen molar-refractivity contribution in [3.8, 4) is 0 Å². The number of benzene rings is 1. The van der Waals surface area contributed by atoms with Crippen molar-refractivity contribution in [1.82, 2.24) is 0 Å². The van der Waals surface area contributed by atoms with E-state index in [-0.39, 0.29) is 29.8 Å². The van der Waals surface area contributed by atoms with Gasteiger partial charge >= 0.3 is 5.97 Å². The van der Waals surface area contributed by atoms with Gasteiger partial charge in [-0.2, -0.15) is 0 Å². The number of rotatable bonds is 6. The fraction of sp³-hybridized carbons (Fsp3) is 0.412. The second kappa shape index (κ2) is 6.44. The molecule has 112 valence electrons. The van der Waals surface area contributed by atoms with E-state index in [1.807, 2.05) is 38.1 Å². The molecule has 0 saturated heterocycles. The van der Waals surface area contributed by atoms with Gasteiger partial charge in [0.15, 0.2) is 0 Å². The molecule has 1 fully saturated rings. The molecule has 3 nitrogen and oxygen atoms in total.